The molecular weight excluding hydrogens is 669 g/mol. The molecule has 0 aliphatic rings. The number of hydrogen-bond acceptors (Lipinski definition) is 2. The smallest absolute Gasteiger partial charge is 0.162 e. The van der Waals surface area contributed by atoms with Crippen molar-refractivity contribution in [2.24, 2.45) is 0 Å². The van der Waals surface area contributed by atoms with Crippen LogP contribution in [0.25, 0.3) is 122 Å². The van der Waals surface area contributed by atoms with Gasteiger partial charge in [0.15, 0.2) is 5.82 Å². The molecule has 0 fully saturated rings. The maximum atomic E-state index is 5.54. The second-order valence-electron chi connectivity index (χ2n) is 14.5. The monoisotopic (exact) mass is 700 g/mol. The molecule has 256 valence electrons. The van der Waals surface area contributed by atoms with E-state index in [1.165, 1.54) is 70.4 Å². The van der Waals surface area contributed by atoms with E-state index in [-0.39, 0.29) is 0 Å². The standard InChI is InChI=1S/C51H32N4/c1-3-13-30-26-27-44-46(34(30)4-2)40-29-45-47(48-38-18-9-11-20-42(38)54(44)49(40)48)37-17-8-12-21-43(37)55(45)51-36-16-7-10-19-41(36)52-50(53-51)33-25-24-32-23-22-31-14-5-6-15-35(31)39(32)28-33/h3-29H,2H2,1H3/b13-3-. The van der Waals surface area contributed by atoms with Crippen LogP contribution >= 0.6 is 0 Å². The van der Waals surface area contributed by atoms with E-state index in [1.807, 2.05) is 6.08 Å². The molecule has 4 heteroatoms. The van der Waals surface area contributed by atoms with Crippen molar-refractivity contribution in [3.63, 3.8) is 0 Å². The third kappa shape index (κ3) is 4.00. The molecule has 0 N–H and O–H groups in total. The molecule has 0 aliphatic heterocycles. The van der Waals surface area contributed by atoms with E-state index in [4.69, 9.17) is 9.97 Å². The molecule has 0 unspecified atom stereocenters. The number of benzene rings is 8. The Kier molecular flexibility index (Phi) is 6.10. The molecule has 0 spiro atoms. The molecule has 0 atom stereocenters. The molecular formula is C51H32N4. The number of para-hydroxylation sites is 3. The largest absolute Gasteiger partial charge is 0.308 e. The average molecular weight is 701 g/mol. The summed E-state index contributed by atoms with van der Waals surface area (Å²) in [5, 5.41) is 13.2. The Morgan fingerprint density at radius 2 is 1.22 bits per heavy atom. The minimum absolute atomic E-state index is 0.701. The second kappa shape index (κ2) is 11.1. The van der Waals surface area contributed by atoms with Crippen molar-refractivity contribution in [2.45, 2.75) is 6.92 Å². The second-order valence-corrected chi connectivity index (χ2v) is 14.5. The van der Waals surface area contributed by atoms with E-state index in [9.17, 15) is 0 Å². The first-order valence-electron chi connectivity index (χ1n) is 18.8. The maximum Gasteiger partial charge on any atom is 0.162 e. The van der Waals surface area contributed by atoms with Gasteiger partial charge in [0.25, 0.3) is 0 Å². The summed E-state index contributed by atoms with van der Waals surface area (Å²) < 4.78 is 4.85. The van der Waals surface area contributed by atoms with Gasteiger partial charge in [-0.2, -0.15) is 0 Å². The summed E-state index contributed by atoms with van der Waals surface area (Å²) >= 11 is 0. The van der Waals surface area contributed by atoms with Crippen molar-refractivity contribution in [3.8, 4) is 17.2 Å². The zero-order valence-electron chi connectivity index (χ0n) is 30.1. The first-order valence-corrected chi connectivity index (χ1v) is 18.8. The van der Waals surface area contributed by atoms with E-state index in [0.717, 1.165) is 44.4 Å². The van der Waals surface area contributed by atoms with Crippen LogP contribution in [0.15, 0.2) is 158 Å². The fourth-order valence-corrected chi connectivity index (χ4v) is 9.42. The summed E-state index contributed by atoms with van der Waals surface area (Å²) in [4.78, 5) is 10.8. The number of aromatic nitrogens is 4. The predicted octanol–water partition coefficient (Wildman–Crippen LogP) is 13.5. The lowest BCUT2D eigenvalue weighted by Crippen LogP contribution is -2.02. The fraction of sp³-hybridized carbons (Fsp3) is 0.0196. The van der Waals surface area contributed by atoms with Gasteiger partial charge in [-0.25, -0.2) is 9.97 Å². The van der Waals surface area contributed by atoms with Crippen molar-refractivity contribution >= 4 is 105 Å². The van der Waals surface area contributed by atoms with Gasteiger partial charge < -0.3 is 4.40 Å². The topological polar surface area (TPSA) is 35.1 Å². The third-order valence-corrected chi connectivity index (χ3v) is 11.7. The van der Waals surface area contributed by atoms with Crippen LogP contribution in [0.1, 0.15) is 18.1 Å². The summed E-state index contributed by atoms with van der Waals surface area (Å²) in [6, 6.07) is 52.5. The fourth-order valence-electron chi connectivity index (χ4n) is 9.42. The quantitative estimate of drug-likeness (QED) is 0.171. The Bertz CT molecular complexity index is 3630. The highest BCUT2D eigenvalue weighted by Gasteiger charge is 2.26. The van der Waals surface area contributed by atoms with Gasteiger partial charge in [0.1, 0.15) is 5.82 Å². The predicted molar refractivity (Wildman–Crippen MR) is 234 cm³/mol. The Labute approximate surface area is 315 Å². The molecule has 0 saturated heterocycles. The molecule has 0 saturated carbocycles. The van der Waals surface area contributed by atoms with Crippen LogP contribution in [-0.2, 0) is 0 Å². The first kappa shape index (κ1) is 30.2. The lowest BCUT2D eigenvalue weighted by atomic mass is 9.97. The van der Waals surface area contributed by atoms with Crippen LogP contribution in [-0.4, -0.2) is 18.9 Å². The summed E-state index contributed by atoms with van der Waals surface area (Å²) in [5.41, 5.74) is 10.1. The minimum atomic E-state index is 0.701. The van der Waals surface area contributed by atoms with E-state index in [0.29, 0.717) is 5.82 Å². The van der Waals surface area contributed by atoms with Crippen LogP contribution in [0.5, 0.6) is 0 Å². The minimum Gasteiger partial charge on any atom is -0.308 e. The summed E-state index contributed by atoms with van der Waals surface area (Å²) in [7, 11) is 0. The Morgan fingerprint density at radius 1 is 0.527 bits per heavy atom. The van der Waals surface area contributed by atoms with Crippen LogP contribution in [0.4, 0.5) is 0 Å². The third-order valence-electron chi connectivity index (χ3n) is 11.7. The van der Waals surface area contributed by atoms with Gasteiger partial charge in [0.2, 0.25) is 0 Å². The van der Waals surface area contributed by atoms with Crippen LogP contribution in [0.2, 0.25) is 0 Å². The lowest BCUT2D eigenvalue weighted by Gasteiger charge is -2.13. The SMILES string of the molecule is C=Cc1c(/C=C\C)ccc2c1c1cc3c(c4ccccc4n3-c3nc(-c4ccc5ccc6ccccc6c5c4)nc4ccccc34)c3c4ccccc4n2c13. The van der Waals surface area contributed by atoms with Crippen LogP contribution < -0.4 is 0 Å². The Morgan fingerprint density at radius 3 is 2.04 bits per heavy atom. The Hall–Kier alpha value is -7.30. The van der Waals surface area contributed by atoms with Gasteiger partial charge in [0.05, 0.1) is 33.1 Å². The van der Waals surface area contributed by atoms with Gasteiger partial charge in [0, 0.05) is 43.3 Å². The first-order chi connectivity index (χ1) is 27.2. The molecule has 12 rings (SSSR count). The van der Waals surface area contributed by atoms with E-state index in [1.54, 1.807) is 0 Å². The molecule has 0 aliphatic carbocycles. The molecule has 12 aromatic rings. The molecule has 4 heterocycles. The van der Waals surface area contributed by atoms with Crippen molar-refractivity contribution in [1.82, 2.24) is 18.9 Å². The highest BCUT2D eigenvalue weighted by molar-refractivity contribution is 6.36. The summed E-state index contributed by atoms with van der Waals surface area (Å²) in [6.07, 6.45) is 6.30. The van der Waals surface area contributed by atoms with Crippen molar-refractivity contribution < 1.29 is 0 Å². The van der Waals surface area contributed by atoms with Crippen LogP contribution in [0.3, 0.4) is 0 Å². The Balaban J connectivity index is 1.26. The number of fused-ring (bicyclic) bond motifs is 14. The number of nitrogens with zero attached hydrogens (tertiary/aromatic N) is 4. The lowest BCUT2D eigenvalue weighted by molar-refractivity contribution is 1.08. The zero-order valence-corrected chi connectivity index (χ0v) is 30.1. The van der Waals surface area contributed by atoms with Gasteiger partial charge in [-0.3, -0.25) is 4.57 Å². The highest BCUT2D eigenvalue weighted by atomic mass is 15.1. The maximum absolute atomic E-state index is 5.54. The van der Waals surface area contributed by atoms with E-state index in [2.05, 4.69) is 180 Å². The van der Waals surface area contributed by atoms with Crippen molar-refractivity contribution in [3.05, 3.63) is 169 Å². The molecule has 55 heavy (non-hydrogen) atoms. The molecule has 0 radical (unpaired) electrons. The molecule has 0 bridgehead atoms. The van der Waals surface area contributed by atoms with Crippen molar-refractivity contribution in [1.29, 1.82) is 0 Å². The van der Waals surface area contributed by atoms with Gasteiger partial charge in [-0.1, -0.05) is 128 Å². The van der Waals surface area contributed by atoms with E-state index < -0.39 is 0 Å². The normalized spacial score (nSPS) is 12.5. The van der Waals surface area contributed by atoms with E-state index >= 15 is 0 Å². The molecule has 4 aromatic heterocycles. The summed E-state index contributed by atoms with van der Waals surface area (Å²) in [6.45, 7) is 6.40. The average Bonchev–Trinajstić information content (AvgIpc) is 3.87. The summed E-state index contributed by atoms with van der Waals surface area (Å²) in [5.74, 6) is 1.57. The van der Waals surface area contributed by atoms with Crippen LogP contribution in [0, 0.1) is 0 Å². The number of hydrogen-bond donors (Lipinski definition) is 0. The van der Waals surface area contributed by atoms with Gasteiger partial charge in [-0.15, -0.1) is 0 Å². The molecule has 8 aromatic carbocycles. The molecule has 4 nitrogen and oxygen atoms in total. The van der Waals surface area contributed by atoms with Gasteiger partial charge in [-0.05, 0) is 82.1 Å². The molecule has 0 amide bonds. The van der Waals surface area contributed by atoms with Crippen molar-refractivity contribution in [2.75, 3.05) is 0 Å². The number of allylic oxidation sites excluding steroid dienone is 1. The number of rotatable bonds is 4. The zero-order chi connectivity index (χ0) is 36.4. The highest BCUT2D eigenvalue weighted by Crippen LogP contribution is 2.48. The van der Waals surface area contributed by atoms with Gasteiger partial charge >= 0.3 is 0 Å².